The molecule has 0 spiro atoms. The number of guanidine groups is 1. The second kappa shape index (κ2) is 9.40. The van der Waals surface area contributed by atoms with Crippen LogP contribution < -0.4 is 10.6 Å². The fourth-order valence-electron chi connectivity index (χ4n) is 5.52. The number of amides is 1. The number of rotatable bonds is 4. The van der Waals surface area contributed by atoms with Crippen molar-refractivity contribution in [2.24, 2.45) is 22.6 Å². The Balaban J connectivity index is 1.46. The quantitative estimate of drug-likeness (QED) is 0.548. The zero-order valence-corrected chi connectivity index (χ0v) is 21.1. The van der Waals surface area contributed by atoms with Gasteiger partial charge in [0.1, 0.15) is 11.4 Å². The highest BCUT2D eigenvalue weighted by Gasteiger charge is 2.51. The van der Waals surface area contributed by atoms with E-state index in [1.165, 1.54) is 11.0 Å². The lowest BCUT2D eigenvalue weighted by Gasteiger charge is -2.46. The molecule has 2 atom stereocenters. The van der Waals surface area contributed by atoms with Gasteiger partial charge in [0.05, 0.1) is 23.2 Å². The molecule has 2 aliphatic rings. The van der Waals surface area contributed by atoms with Crippen molar-refractivity contribution in [3.05, 3.63) is 76.2 Å². The number of nitrogens with zero attached hydrogens (tertiary/aromatic N) is 4. The van der Waals surface area contributed by atoms with Crippen molar-refractivity contribution in [3.63, 3.8) is 0 Å². The standard InChI is InChI=1S/C28H28FN5OS/c1-28(24-15-21(17-36-24)20-7-5-6-18(14-20)16-30)25(26(35)33(2)27(31)32-28)19-10-12-34(13-11-19)23-9-4-3-8-22(23)29/h3-9,14-15,17,19,25H,10-13H2,1-2H3,(H2,31,32)/t25-,28-/m1/s1. The Kier molecular flexibility index (Phi) is 6.27. The first-order valence-electron chi connectivity index (χ1n) is 12.0. The summed E-state index contributed by atoms with van der Waals surface area (Å²) in [4.78, 5) is 23.0. The average Bonchev–Trinajstić information content (AvgIpc) is 3.40. The first-order valence-corrected chi connectivity index (χ1v) is 12.9. The van der Waals surface area contributed by atoms with Crippen LogP contribution in [0.2, 0.25) is 0 Å². The largest absolute Gasteiger partial charge is 0.369 e. The van der Waals surface area contributed by atoms with Gasteiger partial charge in [-0.15, -0.1) is 11.3 Å². The number of carbonyl (C=O) groups is 1. The molecule has 0 bridgehead atoms. The SMILES string of the molecule is CN1C(=O)[C@@H](C2CCN(c3ccccc3F)CC2)[C@@](C)(c2cc(-c3cccc(C#N)c3)cs2)N=C1N. The first kappa shape index (κ1) is 24.0. The van der Waals surface area contributed by atoms with E-state index in [1.807, 2.05) is 36.6 Å². The van der Waals surface area contributed by atoms with E-state index in [2.05, 4.69) is 17.0 Å². The van der Waals surface area contributed by atoms with Crippen LogP contribution in [0, 0.1) is 29.0 Å². The molecule has 2 aliphatic heterocycles. The minimum absolute atomic E-state index is 0.0317. The molecule has 184 valence electrons. The van der Waals surface area contributed by atoms with Crippen molar-refractivity contribution in [2.75, 3.05) is 25.0 Å². The third kappa shape index (κ3) is 4.14. The number of hydrogen-bond donors (Lipinski definition) is 1. The minimum atomic E-state index is -0.811. The Morgan fingerprint density at radius 2 is 1.89 bits per heavy atom. The summed E-state index contributed by atoms with van der Waals surface area (Å²) >= 11 is 1.56. The number of nitrogens with two attached hydrogens (primary N) is 1. The smallest absolute Gasteiger partial charge is 0.235 e. The van der Waals surface area contributed by atoms with Gasteiger partial charge in [-0.25, -0.2) is 9.38 Å². The van der Waals surface area contributed by atoms with Gasteiger partial charge in [0, 0.05) is 25.0 Å². The van der Waals surface area contributed by atoms with Crippen molar-refractivity contribution in [1.29, 1.82) is 5.26 Å². The van der Waals surface area contributed by atoms with Crippen LogP contribution in [0.5, 0.6) is 0 Å². The fourth-order valence-corrected chi connectivity index (χ4v) is 6.58. The Morgan fingerprint density at radius 1 is 1.14 bits per heavy atom. The number of halogens is 1. The summed E-state index contributed by atoms with van der Waals surface area (Å²) in [5.41, 5.74) is 8.55. The third-order valence-electron chi connectivity index (χ3n) is 7.52. The van der Waals surface area contributed by atoms with Crippen molar-refractivity contribution in [3.8, 4) is 17.2 Å². The molecule has 0 radical (unpaired) electrons. The van der Waals surface area contributed by atoms with Crippen LogP contribution in [-0.2, 0) is 10.3 Å². The molecule has 2 aromatic carbocycles. The average molecular weight is 502 g/mol. The number of anilines is 1. The van der Waals surface area contributed by atoms with Crippen molar-refractivity contribution in [1.82, 2.24) is 4.90 Å². The van der Waals surface area contributed by atoms with E-state index in [4.69, 9.17) is 10.7 Å². The zero-order chi connectivity index (χ0) is 25.4. The molecular formula is C28H28FN5OS. The highest BCUT2D eigenvalue weighted by molar-refractivity contribution is 7.10. The molecule has 0 saturated carbocycles. The number of para-hydroxylation sites is 1. The fraction of sp³-hybridized carbons (Fsp3) is 0.321. The molecule has 1 amide bonds. The summed E-state index contributed by atoms with van der Waals surface area (Å²) in [5, 5.41) is 11.3. The molecular weight excluding hydrogens is 473 g/mol. The van der Waals surface area contributed by atoms with Crippen LogP contribution in [0.4, 0.5) is 10.1 Å². The molecule has 8 heteroatoms. The maximum absolute atomic E-state index is 14.4. The summed E-state index contributed by atoms with van der Waals surface area (Å²) in [6.07, 6.45) is 1.51. The van der Waals surface area contributed by atoms with Crippen LogP contribution in [-0.4, -0.2) is 36.9 Å². The van der Waals surface area contributed by atoms with E-state index >= 15 is 0 Å². The maximum atomic E-state index is 14.4. The predicted octanol–water partition coefficient (Wildman–Crippen LogP) is 4.96. The van der Waals surface area contributed by atoms with Crippen LogP contribution in [0.15, 0.2) is 65.0 Å². The third-order valence-corrected chi connectivity index (χ3v) is 8.68. The summed E-state index contributed by atoms with van der Waals surface area (Å²) in [6, 6.07) is 18.6. The number of piperidine rings is 1. The van der Waals surface area contributed by atoms with Crippen LogP contribution >= 0.6 is 11.3 Å². The Bertz CT molecular complexity index is 1370. The van der Waals surface area contributed by atoms with Crippen LogP contribution in [0.25, 0.3) is 11.1 Å². The highest BCUT2D eigenvalue weighted by Crippen LogP contribution is 2.47. The van der Waals surface area contributed by atoms with E-state index in [1.54, 1.807) is 36.6 Å². The van der Waals surface area contributed by atoms with Gasteiger partial charge in [-0.05, 0) is 72.5 Å². The van der Waals surface area contributed by atoms with Gasteiger partial charge in [0.2, 0.25) is 5.91 Å². The number of benzene rings is 2. The monoisotopic (exact) mass is 501 g/mol. The van der Waals surface area contributed by atoms with Gasteiger partial charge in [-0.3, -0.25) is 9.69 Å². The molecule has 0 aliphatic carbocycles. The molecule has 2 N–H and O–H groups in total. The lowest BCUT2D eigenvalue weighted by molar-refractivity contribution is -0.136. The minimum Gasteiger partial charge on any atom is -0.369 e. The Labute approximate surface area is 214 Å². The van der Waals surface area contributed by atoms with Crippen LogP contribution in [0.1, 0.15) is 30.2 Å². The van der Waals surface area contributed by atoms with E-state index < -0.39 is 5.54 Å². The van der Waals surface area contributed by atoms with Crippen molar-refractivity contribution >= 4 is 28.9 Å². The topological polar surface area (TPSA) is 85.7 Å². The lowest BCUT2D eigenvalue weighted by Crippen LogP contribution is -2.56. The van der Waals surface area contributed by atoms with Crippen LogP contribution in [0.3, 0.4) is 0 Å². The number of nitriles is 1. The van der Waals surface area contributed by atoms with Gasteiger partial charge in [0.25, 0.3) is 0 Å². The van der Waals surface area contributed by atoms with Gasteiger partial charge in [-0.1, -0.05) is 24.3 Å². The van der Waals surface area contributed by atoms with E-state index in [0.29, 0.717) is 24.3 Å². The second-order valence-electron chi connectivity index (χ2n) is 9.66. The molecule has 1 fully saturated rings. The van der Waals surface area contributed by atoms with Crippen molar-refractivity contribution in [2.45, 2.75) is 25.3 Å². The van der Waals surface area contributed by atoms with Crippen molar-refractivity contribution < 1.29 is 9.18 Å². The molecule has 3 aromatic rings. The normalized spacial score (nSPS) is 22.9. The van der Waals surface area contributed by atoms with Gasteiger partial charge >= 0.3 is 0 Å². The van der Waals surface area contributed by atoms with Gasteiger partial charge < -0.3 is 10.6 Å². The summed E-state index contributed by atoms with van der Waals surface area (Å²) in [5.74, 6) is -0.343. The van der Waals surface area contributed by atoms with E-state index in [0.717, 1.165) is 28.8 Å². The number of carbonyl (C=O) groups excluding carboxylic acids is 1. The van der Waals surface area contributed by atoms with Gasteiger partial charge in [-0.2, -0.15) is 5.26 Å². The highest BCUT2D eigenvalue weighted by atomic mass is 32.1. The molecule has 1 saturated heterocycles. The second-order valence-corrected chi connectivity index (χ2v) is 10.6. The number of thiophene rings is 1. The van der Waals surface area contributed by atoms with E-state index in [-0.39, 0.29) is 29.5 Å². The lowest BCUT2D eigenvalue weighted by atomic mass is 9.70. The number of aliphatic imine (C=N–C) groups is 1. The first-order chi connectivity index (χ1) is 17.3. The summed E-state index contributed by atoms with van der Waals surface area (Å²) < 4.78 is 14.4. The Morgan fingerprint density at radius 3 is 2.61 bits per heavy atom. The Hall–Kier alpha value is -3.70. The summed E-state index contributed by atoms with van der Waals surface area (Å²) in [6.45, 7) is 3.34. The number of hydrogen-bond acceptors (Lipinski definition) is 6. The molecule has 6 nitrogen and oxygen atoms in total. The van der Waals surface area contributed by atoms with Gasteiger partial charge in [0.15, 0.2) is 5.96 Å². The zero-order valence-electron chi connectivity index (χ0n) is 20.3. The molecule has 1 aromatic heterocycles. The molecule has 5 rings (SSSR count). The molecule has 0 unspecified atom stereocenters. The van der Waals surface area contributed by atoms with E-state index in [9.17, 15) is 14.4 Å². The maximum Gasteiger partial charge on any atom is 0.235 e. The summed E-state index contributed by atoms with van der Waals surface area (Å²) in [7, 11) is 1.68. The molecule has 36 heavy (non-hydrogen) atoms. The molecule has 3 heterocycles. The predicted molar refractivity (Wildman–Crippen MR) is 141 cm³/mol.